The average Bonchev–Trinajstić information content (AvgIpc) is 3.25. The lowest BCUT2D eigenvalue weighted by molar-refractivity contribution is 0.0125. The number of nitrogens with zero attached hydrogens (tertiary/aromatic N) is 2. The van der Waals surface area contributed by atoms with Crippen LogP contribution in [0, 0.1) is 0 Å². The Labute approximate surface area is 176 Å². The highest BCUT2D eigenvalue weighted by atomic mass is 32.1. The highest BCUT2D eigenvalue weighted by Gasteiger charge is 2.26. The zero-order valence-corrected chi connectivity index (χ0v) is 17.9. The van der Waals surface area contributed by atoms with Crippen molar-refractivity contribution >= 4 is 23.1 Å². The smallest absolute Gasteiger partial charge is 0.321 e. The van der Waals surface area contributed by atoms with Gasteiger partial charge in [-0.1, -0.05) is 18.7 Å². The van der Waals surface area contributed by atoms with Gasteiger partial charge in [-0.15, -0.1) is 11.3 Å². The Morgan fingerprint density at radius 1 is 1.34 bits per heavy atom. The molecule has 0 unspecified atom stereocenters. The number of thiophene rings is 1. The molecule has 1 atom stereocenters. The Hall–Kier alpha value is -2.35. The molecule has 1 N–H and O–H groups in total. The maximum absolute atomic E-state index is 12.8. The van der Waals surface area contributed by atoms with Crippen molar-refractivity contribution in [2.24, 2.45) is 0 Å². The molecule has 7 heteroatoms. The van der Waals surface area contributed by atoms with Crippen LogP contribution in [0.15, 0.2) is 53.9 Å². The molecule has 1 saturated heterocycles. The number of carbonyl (C=O) groups is 1. The molecule has 1 fully saturated rings. The lowest BCUT2D eigenvalue weighted by Crippen LogP contribution is -2.44. The zero-order chi connectivity index (χ0) is 20.6. The van der Waals surface area contributed by atoms with Gasteiger partial charge in [-0.3, -0.25) is 4.90 Å². The molecule has 0 saturated carbocycles. The molecule has 1 aliphatic heterocycles. The molecular weight excluding hydrogens is 386 g/mol. The summed E-state index contributed by atoms with van der Waals surface area (Å²) in [6.07, 6.45) is 0. The number of anilines is 1. The molecule has 6 nitrogen and oxygen atoms in total. The maximum Gasteiger partial charge on any atom is 0.321 e. The normalized spacial score (nSPS) is 15.5. The second kappa shape index (κ2) is 10.4. The van der Waals surface area contributed by atoms with Gasteiger partial charge in [-0.2, -0.15) is 0 Å². The van der Waals surface area contributed by atoms with Crippen LogP contribution in [0.3, 0.4) is 0 Å². The predicted octanol–water partition coefficient (Wildman–Crippen LogP) is 4.24. The molecule has 1 aromatic carbocycles. The second-order valence-electron chi connectivity index (χ2n) is 7.26. The van der Waals surface area contributed by atoms with Crippen LogP contribution in [0.25, 0.3) is 0 Å². The third-order valence-electron chi connectivity index (χ3n) is 4.72. The van der Waals surface area contributed by atoms with E-state index in [2.05, 4.69) is 34.3 Å². The SMILES string of the molecule is C=C(C)COc1cccc(NC(=O)N(C)C[C@H](c2cccs2)N2CCOCC2)c1. The van der Waals surface area contributed by atoms with Crippen LogP contribution >= 0.6 is 11.3 Å². The number of hydrogen-bond donors (Lipinski definition) is 1. The predicted molar refractivity (Wildman–Crippen MR) is 118 cm³/mol. The number of benzene rings is 1. The van der Waals surface area contributed by atoms with Gasteiger partial charge in [0.15, 0.2) is 0 Å². The molecule has 0 radical (unpaired) electrons. The molecule has 3 rings (SSSR count). The Balaban J connectivity index is 1.62. The summed E-state index contributed by atoms with van der Waals surface area (Å²) >= 11 is 1.73. The third kappa shape index (κ3) is 6.32. The number of hydrogen-bond acceptors (Lipinski definition) is 5. The van der Waals surface area contributed by atoms with Gasteiger partial charge in [0.05, 0.1) is 19.3 Å². The van der Waals surface area contributed by atoms with E-state index >= 15 is 0 Å². The van der Waals surface area contributed by atoms with E-state index in [4.69, 9.17) is 9.47 Å². The fourth-order valence-corrected chi connectivity index (χ4v) is 4.04. The van der Waals surface area contributed by atoms with Crippen LogP contribution in [0.5, 0.6) is 5.75 Å². The van der Waals surface area contributed by atoms with Crippen molar-refractivity contribution in [1.29, 1.82) is 0 Å². The van der Waals surface area contributed by atoms with Gasteiger partial charge in [0.2, 0.25) is 0 Å². The van der Waals surface area contributed by atoms with Crippen molar-refractivity contribution in [1.82, 2.24) is 9.80 Å². The van der Waals surface area contributed by atoms with Crippen LogP contribution in [0.4, 0.5) is 10.5 Å². The minimum Gasteiger partial charge on any atom is -0.489 e. The van der Waals surface area contributed by atoms with E-state index < -0.39 is 0 Å². The fraction of sp³-hybridized carbons (Fsp3) is 0.409. The van der Waals surface area contributed by atoms with E-state index in [1.54, 1.807) is 16.2 Å². The second-order valence-corrected chi connectivity index (χ2v) is 8.24. The number of amides is 2. The molecule has 29 heavy (non-hydrogen) atoms. The largest absolute Gasteiger partial charge is 0.489 e. The topological polar surface area (TPSA) is 54.0 Å². The number of urea groups is 1. The van der Waals surface area contributed by atoms with E-state index in [0.717, 1.165) is 31.9 Å². The van der Waals surface area contributed by atoms with Crippen molar-refractivity contribution in [2.75, 3.05) is 51.8 Å². The van der Waals surface area contributed by atoms with Crippen LogP contribution < -0.4 is 10.1 Å². The summed E-state index contributed by atoms with van der Waals surface area (Å²) in [7, 11) is 1.83. The molecule has 156 valence electrons. The van der Waals surface area contributed by atoms with Crippen molar-refractivity contribution < 1.29 is 14.3 Å². The Morgan fingerprint density at radius 3 is 2.83 bits per heavy atom. The lowest BCUT2D eigenvalue weighted by atomic mass is 10.1. The Morgan fingerprint density at radius 2 is 2.14 bits per heavy atom. The molecule has 1 aromatic heterocycles. The number of rotatable bonds is 8. The first-order valence-electron chi connectivity index (χ1n) is 9.77. The monoisotopic (exact) mass is 415 g/mol. The third-order valence-corrected chi connectivity index (χ3v) is 5.70. The summed E-state index contributed by atoms with van der Waals surface area (Å²) in [6, 6.07) is 11.6. The first kappa shape index (κ1) is 21.4. The number of likely N-dealkylation sites (N-methyl/N-ethyl adjacent to an activating group) is 1. The van der Waals surface area contributed by atoms with Crippen LogP contribution in [-0.4, -0.2) is 62.3 Å². The van der Waals surface area contributed by atoms with E-state index in [-0.39, 0.29) is 12.1 Å². The van der Waals surface area contributed by atoms with Crippen LogP contribution in [-0.2, 0) is 4.74 Å². The molecule has 1 aliphatic rings. The Kier molecular flexibility index (Phi) is 7.69. The van der Waals surface area contributed by atoms with Gasteiger partial charge in [0.1, 0.15) is 12.4 Å². The van der Waals surface area contributed by atoms with E-state index in [0.29, 0.717) is 24.6 Å². The summed E-state index contributed by atoms with van der Waals surface area (Å²) in [4.78, 5) is 18.2. The van der Waals surface area contributed by atoms with Crippen molar-refractivity contribution in [2.45, 2.75) is 13.0 Å². The quantitative estimate of drug-likeness (QED) is 0.655. The minimum absolute atomic E-state index is 0.142. The van der Waals surface area contributed by atoms with Crippen molar-refractivity contribution in [3.63, 3.8) is 0 Å². The van der Waals surface area contributed by atoms with Crippen LogP contribution in [0.1, 0.15) is 17.8 Å². The summed E-state index contributed by atoms with van der Waals surface area (Å²) in [6.45, 7) is 10.0. The summed E-state index contributed by atoms with van der Waals surface area (Å²) in [5.74, 6) is 0.707. The molecule has 0 spiro atoms. The van der Waals surface area contributed by atoms with Gasteiger partial charge in [0, 0.05) is 43.3 Å². The van der Waals surface area contributed by atoms with E-state index in [1.807, 2.05) is 38.2 Å². The number of ether oxygens (including phenoxy) is 2. The highest BCUT2D eigenvalue weighted by molar-refractivity contribution is 7.10. The average molecular weight is 416 g/mol. The minimum atomic E-state index is -0.142. The molecule has 2 amide bonds. The maximum atomic E-state index is 12.8. The number of nitrogens with one attached hydrogen (secondary N) is 1. The van der Waals surface area contributed by atoms with E-state index in [1.165, 1.54) is 4.88 Å². The molecular formula is C22H29N3O3S. The van der Waals surface area contributed by atoms with Gasteiger partial charge in [-0.25, -0.2) is 4.79 Å². The van der Waals surface area contributed by atoms with E-state index in [9.17, 15) is 4.79 Å². The zero-order valence-electron chi connectivity index (χ0n) is 17.1. The van der Waals surface area contributed by atoms with Gasteiger partial charge in [-0.05, 0) is 36.1 Å². The van der Waals surface area contributed by atoms with Crippen molar-refractivity contribution in [3.05, 3.63) is 58.8 Å². The summed E-state index contributed by atoms with van der Waals surface area (Å²) in [5, 5.41) is 5.05. The van der Waals surface area contributed by atoms with Crippen molar-refractivity contribution in [3.8, 4) is 5.75 Å². The number of carbonyl (C=O) groups excluding carboxylic acids is 1. The molecule has 2 heterocycles. The van der Waals surface area contributed by atoms with Gasteiger partial charge < -0.3 is 19.7 Å². The fourth-order valence-electron chi connectivity index (χ4n) is 3.19. The standard InChI is InChI=1S/C22H29N3O3S/c1-17(2)16-28-19-7-4-6-18(14-19)23-22(26)24(3)15-20(21-8-5-13-29-21)25-9-11-27-12-10-25/h4-8,13-14,20H,1,9-12,15-16H2,2-3H3,(H,23,26)/t20-/m1/s1. The molecule has 0 aliphatic carbocycles. The lowest BCUT2D eigenvalue weighted by Gasteiger charge is -2.36. The summed E-state index contributed by atoms with van der Waals surface area (Å²) in [5.41, 5.74) is 1.65. The highest BCUT2D eigenvalue weighted by Crippen LogP contribution is 2.27. The summed E-state index contributed by atoms with van der Waals surface area (Å²) < 4.78 is 11.2. The molecule has 0 bridgehead atoms. The number of morpholine rings is 1. The first-order valence-corrected chi connectivity index (χ1v) is 10.7. The first-order chi connectivity index (χ1) is 14.0. The van der Waals surface area contributed by atoms with Gasteiger partial charge in [0.25, 0.3) is 0 Å². The Bertz CT molecular complexity index is 803. The molecule has 2 aromatic rings. The van der Waals surface area contributed by atoms with Gasteiger partial charge >= 0.3 is 6.03 Å². The van der Waals surface area contributed by atoms with Crippen LogP contribution in [0.2, 0.25) is 0 Å².